The largest absolute Gasteiger partial charge is 0.364 e. The van der Waals surface area contributed by atoms with Crippen LogP contribution in [0.25, 0.3) is 0 Å². The van der Waals surface area contributed by atoms with Crippen LogP contribution in [0, 0.1) is 17.8 Å². The molecule has 0 amide bonds. The molecule has 0 aromatic rings. The summed E-state index contributed by atoms with van der Waals surface area (Å²) in [5.74, 6) is -2.30. The molecule has 0 N–H and O–H groups in total. The van der Waals surface area contributed by atoms with E-state index in [1.54, 1.807) is 0 Å². The second-order valence-corrected chi connectivity index (χ2v) is 8.75. The van der Waals surface area contributed by atoms with Crippen molar-refractivity contribution >= 4 is 0 Å². The molecule has 3 aliphatic rings. The summed E-state index contributed by atoms with van der Waals surface area (Å²) in [6.45, 7) is -3.16. The Kier molecular flexibility index (Phi) is 7.73. The van der Waals surface area contributed by atoms with Crippen molar-refractivity contribution in [1.82, 2.24) is 0 Å². The Labute approximate surface area is 166 Å². The van der Waals surface area contributed by atoms with E-state index in [4.69, 9.17) is 0 Å². The molecular formula is C20H29F7O2. The van der Waals surface area contributed by atoms with Crippen molar-refractivity contribution < 1.29 is 40.2 Å². The van der Waals surface area contributed by atoms with Gasteiger partial charge in [-0.25, -0.2) is 13.2 Å². The standard InChI is InChI=1S/C20H29F7O2/c21-14-10-13(6-7-17(14)28-19(24)25)29-20(26,27)18-15(22)8-12(9-16(18)23)11-4-2-1-3-5-11/h11-19H,1-10H2. The highest BCUT2D eigenvalue weighted by molar-refractivity contribution is 4.94. The van der Waals surface area contributed by atoms with E-state index in [1.165, 1.54) is 0 Å². The maximum atomic E-state index is 14.7. The van der Waals surface area contributed by atoms with Crippen molar-refractivity contribution in [3.05, 3.63) is 0 Å². The number of rotatable bonds is 6. The smallest absolute Gasteiger partial charge is 0.317 e. The summed E-state index contributed by atoms with van der Waals surface area (Å²) in [5.41, 5.74) is 0. The molecule has 3 rings (SSSR count). The summed E-state index contributed by atoms with van der Waals surface area (Å²) in [6, 6.07) is 0. The minimum absolute atomic E-state index is 0.116. The van der Waals surface area contributed by atoms with Gasteiger partial charge >= 0.3 is 12.7 Å². The van der Waals surface area contributed by atoms with Crippen LogP contribution in [0.2, 0.25) is 0 Å². The Morgan fingerprint density at radius 2 is 1.34 bits per heavy atom. The van der Waals surface area contributed by atoms with Crippen molar-refractivity contribution in [3.8, 4) is 0 Å². The van der Waals surface area contributed by atoms with Crippen LogP contribution in [-0.4, -0.2) is 43.4 Å². The summed E-state index contributed by atoms with van der Waals surface area (Å²) >= 11 is 0. The molecule has 0 bridgehead atoms. The van der Waals surface area contributed by atoms with Gasteiger partial charge in [-0.2, -0.15) is 17.6 Å². The Balaban J connectivity index is 1.56. The van der Waals surface area contributed by atoms with Gasteiger partial charge in [0.05, 0.1) is 12.2 Å². The predicted molar refractivity (Wildman–Crippen MR) is 92.0 cm³/mol. The van der Waals surface area contributed by atoms with Crippen LogP contribution in [0.15, 0.2) is 0 Å². The highest BCUT2D eigenvalue weighted by atomic mass is 19.3. The summed E-state index contributed by atoms with van der Waals surface area (Å²) in [6.07, 6.45) is -9.07. The highest BCUT2D eigenvalue weighted by Gasteiger charge is 2.56. The van der Waals surface area contributed by atoms with Crippen LogP contribution >= 0.6 is 0 Å². The monoisotopic (exact) mass is 434 g/mol. The highest BCUT2D eigenvalue weighted by Crippen LogP contribution is 2.48. The molecule has 2 nitrogen and oxygen atoms in total. The average molecular weight is 434 g/mol. The second-order valence-electron chi connectivity index (χ2n) is 8.75. The Morgan fingerprint density at radius 3 is 1.90 bits per heavy atom. The topological polar surface area (TPSA) is 18.5 Å². The zero-order valence-corrected chi connectivity index (χ0v) is 16.2. The van der Waals surface area contributed by atoms with Crippen LogP contribution in [0.3, 0.4) is 0 Å². The number of hydrogen-bond donors (Lipinski definition) is 0. The molecule has 170 valence electrons. The van der Waals surface area contributed by atoms with E-state index in [0.29, 0.717) is 0 Å². The Hall–Kier alpha value is -0.570. The van der Waals surface area contributed by atoms with Gasteiger partial charge in [0.2, 0.25) is 0 Å². The van der Waals surface area contributed by atoms with Crippen molar-refractivity contribution in [3.63, 3.8) is 0 Å². The summed E-state index contributed by atoms with van der Waals surface area (Å²) < 4.78 is 106. The van der Waals surface area contributed by atoms with Crippen molar-refractivity contribution in [2.45, 2.75) is 108 Å². The van der Waals surface area contributed by atoms with Crippen molar-refractivity contribution in [2.24, 2.45) is 17.8 Å². The van der Waals surface area contributed by atoms with Gasteiger partial charge in [0.15, 0.2) is 0 Å². The van der Waals surface area contributed by atoms with Gasteiger partial charge in [-0.05, 0) is 37.5 Å². The number of alkyl halides is 7. The number of ether oxygens (including phenoxy) is 2. The fourth-order valence-electron chi connectivity index (χ4n) is 5.35. The van der Waals surface area contributed by atoms with E-state index >= 15 is 0 Å². The minimum Gasteiger partial charge on any atom is -0.317 e. The van der Waals surface area contributed by atoms with E-state index in [2.05, 4.69) is 9.47 Å². The maximum absolute atomic E-state index is 14.7. The van der Waals surface area contributed by atoms with E-state index in [1.807, 2.05) is 0 Å². The molecule has 5 atom stereocenters. The molecule has 0 aromatic carbocycles. The quantitative estimate of drug-likeness (QED) is 0.452. The lowest BCUT2D eigenvalue weighted by atomic mass is 9.69. The van der Waals surface area contributed by atoms with E-state index < -0.39 is 55.8 Å². The van der Waals surface area contributed by atoms with Gasteiger partial charge in [-0.15, -0.1) is 0 Å². The Bertz CT molecular complexity index is 503. The van der Waals surface area contributed by atoms with Crippen LogP contribution in [0.1, 0.15) is 64.2 Å². The van der Waals surface area contributed by atoms with Gasteiger partial charge in [0.1, 0.15) is 24.4 Å². The first kappa shape index (κ1) is 23.1. The summed E-state index contributed by atoms with van der Waals surface area (Å²) in [7, 11) is 0. The molecule has 3 aliphatic carbocycles. The molecule has 0 aromatic heterocycles. The molecule has 0 saturated heterocycles. The normalized spacial score (nSPS) is 40.3. The molecule has 29 heavy (non-hydrogen) atoms. The molecule has 9 heteroatoms. The SMILES string of the molecule is FC(F)OC1CCC(OC(F)(F)C2C(F)CC(C3CCCCC3)CC2F)CC1F. The second kappa shape index (κ2) is 9.71. The molecule has 0 heterocycles. The minimum atomic E-state index is -4.09. The number of hydrogen-bond acceptors (Lipinski definition) is 2. The van der Waals surface area contributed by atoms with E-state index in [9.17, 15) is 30.7 Å². The lowest BCUT2D eigenvalue weighted by Gasteiger charge is -2.43. The molecule has 0 spiro atoms. The first-order valence-corrected chi connectivity index (χ1v) is 10.6. The van der Waals surface area contributed by atoms with Gasteiger partial charge in [-0.1, -0.05) is 32.1 Å². The average Bonchev–Trinajstić information content (AvgIpc) is 2.63. The molecule has 3 fully saturated rings. The fraction of sp³-hybridized carbons (Fsp3) is 1.00. The van der Waals surface area contributed by atoms with E-state index in [-0.39, 0.29) is 37.5 Å². The first-order chi connectivity index (χ1) is 13.7. The van der Waals surface area contributed by atoms with Crippen molar-refractivity contribution in [2.75, 3.05) is 0 Å². The molecule has 0 aliphatic heterocycles. The van der Waals surface area contributed by atoms with Crippen LogP contribution in [-0.2, 0) is 9.47 Å². The molecular weight excluding hydrogens is 405 g/mol. The molecule has 5 unspecified atom stereocenters. The predicted octanol–water partition coefficient (Wildman–Crippen LogP) is 6.38. The van der Waals surface area contributed by atoms with Crippen LogP contribution < -0.4 is 0 Å². The van der Waals surface area contributed by atoms with Gasteiger partial charge in [0, 0.05) is 6.42 Å². The van der Waals surface area contributed by atoms with Crippen molar-refractivity contribution in [1.29, 1.82) is 0 Å². The first-order valence-electron chi connectivity index (χ1n) is 10.6. The maximum Gasteiger partial charge on any atom is 0.364 e. The van der Waals surface area contributed by atoms with Gasteiger partial charge in [-0.3, -0.25) is 0 Å². The van der Waals surface area contributed by atoms with Gasteiger partial charge < -0.3 is 9.47 Å². The van der Waals surface area contributed by atoms with Gasteiger partial charge in [0.25, 0.3) is 0 Å². The lowest BCUT2D eigenvalue weighted by molar-refractivity contribution is -0.324. The zero-order chi connectivity index (χ0) is 21.2. The Morgan fingerprint density at radius 1 is 0.724 bits per heavy atom. The third-order valence-electron chi connectivity index (χ3n) is 6.81. The third-order valence-corrected chi connectivity index (χ3v) is 6.81. The fourth-order valence-corrected chi connectivity index (χ4v) is 5.35. The summed E-state index contributed by atoms with van der Waals surface area (Å²) in [5, 5.41) is 0. The molecule has 0 radical (unpaired) electrons. The molecule has 3 saturated carbocycles. The lowest BCUT2D eigenvalue weighted by Crippen LogP contribution is -2.51. The summed E-state index contributed by atoms with van der Waals surface area (Å²) in [4.78, 5) is 0. The zero-order valence-electron chi connectivity index (χ0n) is 16.2. The van der Waals surface area contributed by atoms with E-state index in [0.717, 1.165) is 32.1 Å². The van der Waals surface area contributed by atoms with Crippen LogP contribution in [0.5, 0.6) is 0 Å². The number of halogens is 7. The van der Waals surface area contributed by atoms with Crippen LogP contribution in [0.4, 0.5) is 30.7 Å². The third kappa shape index (κ3) is 5.77.